The van der Waals surface area contributed by atoms with E-state index in [0.717, 1.165) is 55.0 Å². The molecule has 1 aliphatic heterocycles. The van der Waals surface area contributed by atoms with Crippen LogP contribution in [0.2, 0.25) is 5.02 Å². The first kappa shape index (κ1) is 40.0. The van der Waals surface area contributed by atoms with Crippen LogP contribution in [0.15, 0.2) is 83.9 Å². The molecule has 5 aromatic rings. The average molecular weight is 805 g/mol. The third kappa shape index (κ3) is 8.84. The summed E-state index contributed by atoms with van der Waals surface area (Å²) in [5, 5.41) is 18.7. The van der Waals surface area contributed by atoms with Gasteiger partial charge in [-0.15, -0.1) is 0 Å². The van der Waals surface area contributed by atoms with E-state index in [1.165, 1.54) is 10.6 Å². The highest BCUT2D eigenvalue weighted by atomic mass is 35.5. The van der Waals surface area contributed by atoms with Crippen LogP contribution in [-0.4, -0.2) is 74.2 Å². The molecule has 0 radical (unpaired) electrons. The summed E-state index contributed by atoms with van der Waals surface area (Å²) < 4.78 is 6.63. The molecule has 14 heteroatoms. The fourth-order valence-corrected chi connectivity index (χ4v) is 8.06. The van der Waals surface area contributed by atoms with E-state index in [1.54, 1.807) is 27.0 Å². The van der Waals surface area contributed by atoms with Crippen molar-refractivity contribution in [1.82, 2.24) is 30.2 Å². The van der Waals surface area contributed by atoms with Crippen LogP contribution in [0.3, 0.4) is 0 Å². The first-order valence-corrected chi connectivity index (χ1v) is 19.6. The van der Waals surface area contributed by atoms with E-state index >= 15 is 0 Å². The lowest BCUT2D eigenvalue weighted by Gasteiger charge is -2.22. The van der Waals surface area contributed by atoms with Crippen molar-refractivity contribution in [2.45, 2.75) is 77.6 Å². The van der Waals surface area contributed by atoms with Crippen molar-refractivity contribution in [2.75, 3.05) is 13.1 Å². The van der Waals surface area contributed by atoms with Crippen LogP contribution < -0.4 is 21.5 Å². The van der Waals surface area contributed by atoms with Gasteiger partial charge in [-0.1, -0.05) is 66.2 Å². The molecule has 1 unspecified atom stereocenters. The number of carbonyl (C=O) groups excluding carboxylic acids is 3. The van der Waals surface area contributed by atoms with Gasteiger partial charge in [0.25, 0.3) is 5.56 Å². The number of carboxylic acid groups (broad SMARTS) is 1. The van der Waals surface area contributed by atoms with Crippen LogP contribution in [0.4, 0.5) is 9.59 Å². The Balaban J connectivity index is 1.07. The van der Waals surface area contributed by atoms with Crippen LogP contribution in [0.25, 0.3) is 39.0 Å². The van der Waals surface area contributed by atoms with E-state index in [1.807, 2.05) is 61.5 Å². The molecule has 2 aliphatic rings. The summed E-state index contributed by atoms with van der Waals surface area (Å²) in [5.74, 6) is -0.395. The maximum absolute atomic E-state index is 13.5. The van der Waals surface area contributed by atoms with Crippen LogP contribution in [0.5, 0.6) is 0 Å². The van der Waals surface area contributed by atoms with Crippen LogP contribution in [-0.2, 0) is 33.7 Å². The quantitative estimate of drug-likeness (QED) is 0.124. The molecule has 4 amide bonds. The van der Waals surface area contributed by atoms with E-state index in [0.29, 0.717) is 36.4 Å². The average Bonchev–Trinajstić information content (AvgIpc) is 3.78. The summed E-state index contributed by atoms with van der Waals surface area (Å²) >= 11 is 7.21. The van der Waals surface area contributed by atoms with Gasteiger partial charge in [-0.05, 0) is 98.0 Å². The summed E-state index contributed by atoms with van der Waals surface area (Å²) in [6.07, 6.45) is 3.47. The van der Waals surface area contributed by atoms with E-state index < -0.39 is 17.8 Å². The molecule has 2 atom stereocenters. The zero-order valence-corrected chi connectivity index (χ0v) is 33.5. The number of hydrogen-bond donors (Lipinski definition) is 4. The minimum atomic E-state index is -1.18. The van der Waals surface area contributed by atoms with Gasteiger partial charge in [0, 0.05) is 48.6 Å². The van der Waals surface area contributed by atoms with Gasteiger partial charge in [-0.2, -0.15) is 0 Å². The van der Waals surface area contributed by atoms with E-state index in [-0.39, 0.29) is 54.7 Å². The number of pyridine rings is 1. The number of rotatable bonds is 10. The minimum Gasteiger partial charge on any atom is -0.465 e. The van der Waals surface area contributed by atoms with Crippen molar-refractivity contribution in [2.24, 2.45) is 0 Å². The molecule has 7 rings (SSSR count). The number of alkyl carbamates (subject to hydrolysis) is 1. The Morgan fingerprint density at radius 3 is 2.40 bits per heavy atom. The van der Waals surface area contributed by atoms with Crippen LogP contribution in [0.1, 0.15) is 55.9 Å². The maximum atomic E-state index is 13.5. The molecule has 1 fully saturated rings. The number of hydrogen-bond acceptors (Lipinski definition) is 7. The highest BCUT2D eigenvalue weighted by molar-refractivity contribution is 6.36. The zero-order valence-electron chi connectivity index (χ0n) is 32.7. The number of halogens is 1. The van der Waals surface area contributed by atoms with E-state index in [2.05, 4.69) is 33.1 Å². The SMILES string of the molecule is Cc1c(-c2ccn3c(=O)c(CN(C[C@@H]4CCC(=O)N4)C(=O)O)cnc3c2)cccc1-c1cccc(-c2ccc3c(c2)CC(NC(=O)CNC(=O)OC(C)(C)C)C3)c1Cl. The van der Waals surface area contributed by atoms with Gasteiger partial charge < -0.3 is 30.7 Å². The monoisotopic (exact) mass is 804 g/mol. The Morgan fingerprint density at radius 1 is 0.966 bits per heavy atom. The van der Waals surface area contributed by atoms with Crippen molar-refractivity contribution in [1.29, 1.82) is 0 Å². The second kappa shape index (κ2) is 16.3. The largest absolute Gasteiger partial charge is 0.465 e. The molecular weight excluding hydrogens is 760 g/mol. The Kier molecular flexibility index (Phi) is 11.3. The highest BCUT2D eigenvalue weighted by Crippen LogP contribution is 2.41. The van der Waals surface area contributed by atoms with Crippen molar-refractivity contribution < 1.29 is 29.0 Å². The second-order valence-corrected chi connectivity index (χ2v) is 16.2. The summed E-state index contributed by atoms with van der Waals surface area (Å²) in [4.78, 5) is 67.4. The summed E-state index contributed by atoms with van der Waals surface area (Å²) in [6.45, 7) is 7.07. The topological polar surface area (TPSA) is 171 Å². The van der Waals surface area contributed by atoms with Gasteiger partial charge in [-0.3, -0.25) is 18.8 Å². The Morgan fingerprint density at radius 2 is 1.67 bits per heavy atom. The van der Waals surface area contributed by atoms with Crippen molar-refractivity contribution >= 4 is 41.2 Å². The number of amides is 4. The maximum Gasteiger partial charge on any atom is 0.408 e. The normalized spacial score (nSPS) is 16.1. The Bertz CT molecular complexity index is 2510. The molecule has 58 heavy (non-hydrogen) atoms. The van der Waals surface area contributed by atoms with Crippen molar-refractivity contribution in [3.63, 3.8) is 0 Å². The number of aromatic nitrogens is 2. The van der Waals surface area contributed by atoms with Crippen LogP contribution >= 0.6 is 11.6 Å². The molecule has 2 aromatic heterocycles. The Hall–Kier alpha value is -6.21. The van der Waals surface area contributed by atoms with Gasteiger partial charge in [-0.25, -0.2) is 14.6 Å². The second-order valence-electron chi connectivity index (χ2n) is 15.9. The standard InChI is InChI=1S/C44H45ClN6O7/c1-25-33(28-15-16-51-37(20-28)46-21-30(41(51)54)23-50(43(56)57)24-31-13-14-38(52)48-31)7-5-8-34(25)36-10-6-9-35(40(36)45)27-12-11-26-18-32(19-29(26)17-27)49-39(53)22-47-42(55)58-44(2,3)4/h5-12,15-17,20-21,31-32H,13-14,18-19,22-24H2,1-4H3,(H,47,55)(H,48,52)(H,49,53)(H,56,57)/t31-,32?/m0/s1. The molecule has 0 saturated carbocycles. The molecular formula is C44H45ClN6O7. The summed E-state index contributed by atoms with van der Waals surface area (Å²) in [6, 6.07) is 21.5. The molecule has 0 bridgehead atoms. The molecule has 0 spiro atoms. The van der Waals surface area contributed by atoms with Crippen molar-refractivity contribution in [3.05, 3.63) is 117 Å². The molecule has 300 valence electrons. The number of nitrogens with one attached hydrogen (secondary N) is 3. The molecule has 3 heterocycles. The van der Waals surface area contributed by atoms with Gasteiger partial charge in [0.05, 0.1) is 17.1 Å². The predicted octanol–water partition coefficient (Wildman–Crippen LogP) is 6.52. The lowest BCUT2D eigenvalue weighted by molar-refractivity contribution is -0.121. The highest BCUT2D eigenvalue weighted by Gasteiger charge is 2.27. The van der Waals surface area contributed by atoms with E-state index in [9.17, 15) is 29.1 Å². The van der Waals surface area contributed by atoms with Gasteiger partial charge in [0.15, 0.2) is 0 Å². The first-order valence-electron chi connectivity index (χ1n) is 19.2. The third-order valence-corrected chi connectivity index (χ3v) is 10.9. The molecule has 3 aromatic carbocycles. The smallest absolute Gasteiger partial charge is 0.408 e. The summed E-state index contributed by atoms with van der Waals surface area (Å²) in [7, 11) is 0. The molecule has 13 nitrogen and oxygen atoms in total. The Labute approximate surface area is 340 Å². The number of benzene rings is 3. The van der Waals surface area contributed by atoms with E-state index in [4.69, 9.17) is 16.3 Å². The van der Waals surface area contributed by atoms with Crippen LogP contribution in [0, 0.1) is 6.92 Å². The van der Waals surface area contributed by atoms with Gasteiger partial charge in [0.2, 0.25) is 11.8 Å². The number of ether oxygens (including phenoxy) is 1. The van der Waals surface area contributed by atoms with Gasteiger partial charge >= 0.3 is 12.2 Å². The number of fused-ring (bicyclic) bond motifs is 2. The summed E-state index contributed by atoms with van der Waals surface area (Å²) in [5.41, 5.74) is 8.29. The third-order valence-electron chi connectivity index (χ3n) is 10.5. The fraction of sp³-hybridized carbons (Fsp3) is 0.318. The predicted molar refractivity (Wildman–Crippen MR) is 221 cm³/mol. The molecule has 1 aliphatic carbocycles. The number of carbonyl (C=O) groups is 4. The lowest BCUT2D eigenvalue weighted by Crippen LogP contribution is -2.43. The number of nitrogens with zero attached hydrogens (tertiary/aromatic N) is 3. The fourth-order valence-electron chi connectivity index (χ4n) is 7.72. The first-order chi connectivity index (χ1) is 27.6. The lowest BCUT2D eigenvalue weighted by atomic mass is 9.91. The molecule has 1 saturated heterocycles. The molecule has 4 N–H and O–H groups in total. The van der Waals surface area contributed by atoms with Crippen molar-refractivity contribution in [3.8, 4) is 33.4 Å². The van der Waals surface area contributed by atoms with Gasteiger partial charge in [0.1, 0.15) is 17.8 Å². The zero-order chi connectivity index (χ0) is 41.3. The minimum absolute atomic E-state index is 0.0819.